The van der Waals surface area contributed by atoms with E-state index < -0.39 is 24.5 Å². The minimum Gasteiger partial charge on any atom is -0.408 e. The zero-order valence-electron chi connectivity index (χ0n) is 59.2. The zero-order valence-corrected chi connectivity index (χ0v) is 61.9. The number of benzene rings is 15. The molecule has 2 aliphatic heterocycles. The highest BCUT2D eigenvalue weighted by Crippen LogP contribution is 2.51. The van der Waals surface area contributed by atoms with Gasteiger partial charge in [-0.2, -0.15) is 9.34 Å². The lowest BCUT2D eigenvalue weighted by Gasteiger charge is -2.35. The van der Waals surface area contributed by atoms with Crippen molar-refractivity contribution in [2.45, 2.75) is 76.9 Å². The van der Waals surface area contributed by atoms with Crippen molar-refractivity contribution in [2.24, 2.45) is 0 Å². The number of nitrogens with zero attached hydrogens (tertiary/aromatic N) is 3. The summed E-state index contributed by atoms with van der Waals surface area (Å²) in [6.45, 7) is 11.6. The third-order valence-electron chi connectivity index (χ3n) is 21.7. The van der Waals surface area contributed by atoms with E-state index in [1.165, 1.54) is 101 Å². The van der Waals surface area contributed by atoms with E-state index in [1.807, 2.05) is 0 Å². The molecule has 18 aromatic rings. The van der Waals surface area contributed by atoms with E-state index in [2.05, 4.69) is 351 Å². The molecule has 5 atom stereocenters. The molecule has 0 aliphatic carbocycles. The molecule has 2 fully saturated rings. The molecule has 12 heteroatoms. The first-order chi connectivity index (χ1) is 51.8. The van der Waals surface area contributed by atoms with Crippen LogP contribution in [0.15, 0.2) is 335 Å². The predicted molar refractivity (Wildman–Crippen MR) is 445 cm³/mol. The first-order valence-corrected chi connectivity index (χ1v) is 40.2. The van der Waals surface area contributed by atoms with Crippen LogP contribution in [0.25, 0.3) is 130 Å². The Kier molecular flexibility index (Phi) is 18.2. The SMILES string of the molecule is CC1CCCC(C)N1p1oc2ccc3ccccc3c2c2c(ccc3ccccc32)o1.CCN([C@H](C)c1ccccc1)p1oc2ccc3ccccc3c2c2c(ccc3ccccc32)o1.c1ccc([C@@H]2CN(p3oc4ccc5ccccc5c4c4c(ccc5ccccc54)o3)C[C@H]2c2ccccc2)cc1. The molecular weight excluding hydrogens is 1350 g/mol. The Labute approximate surface area is 612 Å². The standard InChI is InChI=1S/C36H28NO2P.C30H26NO2P.C27H26NO2P/c1-3-11-25(12-4-1)31-23-37(24-32(31)26-13-5-2-6-14-26)40-38-33-21-19-27-15-7-9-17-29(27)35(33)36-30-18-10-8-16-28(30)20-22-34(36)39-40;1-3-31(21(2)22-11-5-4-6-12-22)34-32-27-19-17-23-13-7-9-15-25(23)29(27)30-26-16-10-8-14-24(26)18-20-28(30)33-34;1-18-8-7-9-19(2)28(18)31-29-24-16-14-20-10-3-5-12-22(20)26(24)27-23-13-6-4-11-21(23)15-17-25(27)30-31/h1-22,31-32H,23-24H2;4-21H,3H2,1-2H3;3-6,10-19H,7-9H2,1-2H3/t31-,32-;21-;/m01./s1. The van der Waals surface area contributed by atoms with Crippen LogP contribution < -0.4 is 14.0 Å². The second-order valence-electron chi connectivity index (χ2n) is 28.0. The van der Waals surface area contributed by atoms with Crippen LogP contribution >= 0.6 is 24.5 Å². The molecule has 0 bridgehead atoms. The van der Waals surface area contributed by atoms with Gasteiger partial charge in [-0.15, -0.1) is 0 Å². The fourth-order valence-electron chi connectivity index (χ4n) is 16.5. The molecule has 105 heavy (non-hydrogen) atoms. The second-order valence-corrected chi connectivity index (χ2v) is 32.0. The van der Waals surface area contributed by atoms with Gasteiger partial charge in [0.25, 0.3) is 0 Å². The van der Waals surface area contributed by atoms with Crippen LogP contribution in [-0.4, -0.2) is 31.7 Å². The van der Waals surface area contributed by atoms with Gasteiger partial charge < -0.3 is 25.2 Å². The smallest absolute Gasteiger partial charge is 0.310 e. The summed E-state index contributed by atoms with van der Waals surface area (Å²) in [6.07, 6.45) is 3.64. The van der Waals surface area contributed by atoms with Crippen LogP contribution in [0, 0.1) is 0 Å². The average molecular weight is 1430 g/mol. The van der Waals surface area contributed by atoms with E-state index in [0.717, 1.165) is 85.4 Å². The molecule has 2 aliphatic rings. The summed E-state index contributed by atoms with van der Waals surface area (Å²) in [6, 6.07) is 110. The summed E-state index contributed by atoms with van der Waals surface area (Å²) in [5.74, 6) is 0.711. The lowest BCUT2D eigenvalue weighted by molar-refractivity contribution is 0.421. The van der Waals surface area contributed by atoms with Crippen LogP contribution in [0.1, 0.15) is 81.5 Å². The van der Waals surface area contributed by atoms with Crippen LogP contribution in [-0.2, 0) is 0 Å². The lowest BCUT2D eigenvalue weighted by atomic mass is 9.84. The monoisotopic (exact) mass is 1430 g/mol. The Hall–Kier alpha value is -10.6. The fourth-order valence-corrected chi connectivity index (χ4v) is 21.3. The molecule has 5 heterocycles. The quantitative estimate of drug-likeness (QED) is 0.148. The summed E-state index contributed by atoms with van der Waals surface area (Å²) in [5.41, 5.74) is 9.34. The molecule has 0 spiro atoms. The van der Waals surface area contributed by atoms with Gasteiger partial charge in [0.1, 0.15) is 33.5 Å². The largest absolute Gasteiger partial charge is 0.408 e. The van der Waals surface area contributed by atoms with Crippen molar-refractivity contribution in [3.05, 3.63) is 326 Å². The second kappa shape index (κ2) is 28.8. The van der Waals surface area contributed by atoms with E-state index in [4.69, 9.17) is 25.2 Å². The van der Waals surface area contributed by atoms with E-state index >= 15 is 0 Å². The van der Waals surface area contributed by atoms with Crippen molar-refractivity contribution >= 4 is 155 Å². The first kappa shape index (κ1) is 66.4. The van der Waals surface area contributed by atoms with Gasteiger partial charge in [-0.25, -0.2) is 4.67 Å². The van der Waals surface area contributed by atoms with E-state index in [-0.39, 0.29) is 6.04 Å². The summed E-state index contributed by atoms with van der Waals surface area (Å²) in [4.78, 5) is 0. The minimum absolute atomic E-state index is 0.156. The highest BCUT2D eigenvalue weighted by atomic mass is 31.1. The Morgan fingerprint density at radius 2 is 0.610 bits per heavy atom. The number of rotatable bonds is 8. The molecule has 0 radical (unpaired) electrons. The van der Waals surface area contributed by atoms with Crippen molar-refractivity contribution in [2.75, 3.05) is 33.6 Å². The Morgan fingerprint density at radius 3 is 0.924 bits per heavy atom. The van der Waals surface area contributed by atoms with E-state index in [9.17, 15) is 0 Å². The average Bonchev–Trinajstić information content (AvgIpc) is 1.72. The van der Waals surface area contributed by atoms with E-state index in [1.54, 1.807) is 0 Å². The van der Waals surface area contributed by atoms with Crippen LogP contribution in [0.4, 0.5) is 0 Å². The maximum absolute atomic E-state index is 6.92. The molecule has 15 aromatic carbocycles. The molecule has 0 N–H and O–H groups in total. The molecule has 2 unspecified atom stereocenters. The van der Waals surface area contributed by atoms with Crippen molar-refractivity contribution < 1.29 is 25.2 Å². The maximum atomic E-state index is 6.92. The lowest BCUT2D eigenvalue weighted by Crippen LogP contribution is -2.41. The number of hydrogen-bond donors (Lipinski definition) is 0. The van der Waals surface area contributed by atoms with Gasteiger partial charge >= 0.3 is 24.5 Å². The molecule has 518 valence electrons. The molecule has 20 rings (SSSR count). The third-order valence-corrected chi connectivity index (χ3v) is 26.9. The summed E-state index contributed by atoms with van der Waals surface area (Å²) in [5, 5.41) is 21.1. The van der Waals surface area contributed by atoms with Crippen LogP contribution in [0.5, 0.6) is 0 Å². The normalized spacial score (nSPS) is 16.8. The van der Waals surface area contributed by atoms with Gasteiger partial charge in [0.05, 0.1) is 0 Å². The molecule has 3 aromatic heterocycles. The van der Waals surface area contributed by atoms with Gasteiger partial charge in [0.15, 0.2) is 0 Å². The Bertz CT molecular complexity index is 6050. The van der Waals surface area contributed by atoms with Crippen molar-refractivity contribution in [3.63, 3.8) is 0 Å². The summed E-state index contributed by atoms with van der Waals surface area (Å²) in [7, 11) is -4.01. The highest BCUT2D eigenvalue weighted by Gasteiger charge is 2.38. The third kappa shape index (κ3) is 12.6. The Morgan fingerprint density at radius 1 is 0.333 bits per heavy atom. The predicted octanol–water partition coefficient (Wildman–Crippen LogP) is 27.9. The van der Waals surface area contributed by atoms with Gasteiger partial charge in [0, 0.05) is 81.9 Å². The molecule has 2 saturated heterocycles. The molecule has 0 amide bonds. The number of piperidine rings is 1. The number of hydrogen-bond acceptors (Lipinski definition) is 9. The molecular formula is C93H80N3O6P3. The fraction of sp³-hybridized carbons (Fsp3) is 0.161. The summed E-state index contributed by atoms with van der Waals surface area (Å²) < 4.78 is 48.1. The van der Waals surface area contributed by atoms with Crippen molar-refractivity contribution in [1.29, 1.82) is 0 Å². The van der Waals surface area contributed by atoms with Crippen LogP contribution in [0.2, 0.25) is 0 Å². The van der Waals surface area contributed by atoms with Crippen molar-refractivity contribution in [1.82, 2.24) is 0 Å². The minimum atomic E-state index is -1.38. The van der Waals surface area contributed by atoms with Gasteiger partial charge in [0.2, 0.25) is 0 Å². The Balaban J connectivity index is 0.000000113. The highest BCUT2D eigenvalue weighted by molar-refractivity contribution is 7.39. The van der Waals surface area contributed by atoms with Crippen molar-refractivity contribution in [3.8, 4) is 0 Å². The zero-order chi connectivity index (χ0) is 70.5. The maximum Gasteiger partial charge on any atom is 0.310 e. The van der Waals surface area contributed by atoms with Crippen LogP contribution in [0.3, 0.4) is 0 Å². The number of fused-ring (bicyclic) bond motifs is 21. The topological polar surface area (TPSA) is 88.6 Å². The first-order valence-electron chi connectivity index (χ1n) is 36.8. The van der Waals surface area contributed by atoms with Gasteiger partial charge in [-0.1, -0.05) is 286 Å². The molecule has 9 nitrogen and oxygen atoms in total. The van der Waals surface area contributed by atoms with E-state index in [0.29, 0.717) is 23.9 Å². The molecule has 0 saturated carbocycles. The van der Waals surface area contributed by atoms with Gasteiger partial charge in [-0.05, 0) is 151 Å². The summed E-state index contributed by atoms with van der Waals surface area (Å²) >= 11 is 0. The van der Waals surface area contributed by atoms with Gasteiger partial charge in [-0.3, -0.25) is 0 Å².